The summed E-state index contributed by atoms with van der Waals surface area (Å²) >= 11 is 0. The molecule has 0 amide bonds. The van der Waals surface area contributed by atoms with Crippen molar-refractivity contribution in [2.45, 2.75) is 20.8 Å². The third kappa shape index (κ3) is 2.58. The van der Waals surface area contributed by atoms with Gasteiger partial charge in [-0.1, -0.05) is 0 Å². The average Bonchev–Trinajstić information content (AvgIpc) is 2.70. The molecule has 0 aliphatic heterocycles. The summed E-state index contributed by atoms with van der Waals surface area (Å²) in [6, 6.07) is 2.08. The Morgan fingerprint density at radius 1 is 1.33 bits per heavy atom. The molecule has 0 atom stereocenters. The van der Waals surface area contributed by atoms with Crippen molar-refractivity contribution >= 4 is 11.8 Å². The summed E-state index contributed by atoms with van der Waals surface area (Å²) in [6.07, 6.45) is 0. The van der Waals surface area contributed by atoms with Crippen LogP contribution in [-0.4, -0.2) is 22.1 Å². The molecule has 1 aromatic heterocycles. The molecule has 21 heavy (non-hydrogen) atoms. The van der Waals surface area contributed by atoms with Gasteiger partial charge in [-0.2, -0.15) is 0 Å². The zero-order valence-corrected chi connectivity index (χ0v) is 11.9. The molecule has 0 fully saturated rings. The van der Waals surface area contributed by atoms with Gasteiger partial charge in [0.25, 0.3) is 0 Å². The summed E-state index contributed by atoms with van der Waals surface area (Å²) in [4.78, 5) is 15.7. The second kappa shape index (κ2) is 5.51. The van der Waals surface area contributed by atoms with Crippen molar-refractivity contribution in [2.24, 2.45) is 0 Å². The largest absolute Gasteiger partial charge is 0.461 e. The predicted octanol–water partition coefficient (Wildman–Crippen LogP) is 2.53. The Labute approximate surface area is 120 Å². The molecule has 0 spiro atoms. The fourth-order valence-electron chi connectivity index (χ4n) is 2.01. The maximum Gasteiger partial charge on any atom is 0.360 e. The number of carbonyl (C=O) groups is 1. The maximum atomic E-state index is 14.0. The first-order valence-electron chi connectivity index (χ1n) is 6.34. The van der Waals surface area contributed by atoms with Gasteiger partial charge in [0, 0.05) is 6.07 Å². The lowest BCUT2D eigenvalue weighted by Gasteiger charge is -2.10. The lowest BCUT2D eigenvalue weighted by atomic mass is 10.2. The van der Waals surface area contributed by atoms with E-state index in [1.54, 1.807) is 6.92 Å². The molecule has 2 N–H and O–H groups in total. The third-order valence-corrected chi connectivity index (χ3v) is 3.02. The molecule has 0 saturated heterocycles. The highest BCUT2D eigenvalue weighted by atomic mass is 19.1. The third-order valence-electron chi connectivity index (χ3n) is 3.02. The monoisotopic (exact) mass is 295 g/mol. The van der Waals surface area contributed by atoms with Crippen LogP contribution in [0.25, 0.3) is 5.69 Å². The Hall–Kier alpha value is -2.44. The summed E-state index contributed by atoms with van der Waals surface area (Å²) in [5.74, 6) is -1.76. The van der Waals surface area contributed by atoms with E-state index in [2.05, 4.69) is 4.98 Å². The smallest absolute Gasteiger partial charge is 0.360 e. The molecule has 1 aromatic carbocycles. The van der Waals surface area contributed by atoms with Gasteiger partial charge in [0.2, 0.25) is 0 Å². The van der Waals surface area contributed by atoms with Gasteiger partial charge in [-0.15, -0.1) is 0 Å². The number of carbonyl (C=O) groups excluding carboxylic acids is 1. The van der Waals surface area contributed by atoms with Gasteiger partial charge in [-0.3, -0.25) is 4.57 Å². The van der Waals surface area contributed by atoms with E-state index in [9.17, 15) is 13.6 Å². The van der Waals surface area contributed by atoms with Crippen LogP contribution in [0.15, 0.2) is 12.1 Å². The van der Waals surface area contributed by atoms with Crippen LogP contribution in [0.2, 0.25) is 0 Å². The second-order valence-electron chi connectivity index (χ2n) is 4.50. The minimum atomic E-state index is -0.704. The van der Waals surface area contributed by atoms with Crippen LogP contribution in [0.5, 0.6) is 0 Å². The van der Waals surface area contributed by atoms with E-state index in [0.717, 1.165) is 12.1 Å². The van der Waals surface area contributed by atoms with Crippen LogP contribution >= 0.6 is 0 Å². The molecular formula is C14H15F2N3O2. The van der Waals surface area contributed by atoms with Crippen LogP contribution in [0, 0.1) is 25.5 Å². The van der Waals surface area contributed by atoms with Gasteiger partial charge in [-0.25, -0.2) is 18.6 Å². The molecule has 0 aliphatic carbocycles. The van der Waals surface area contributed by atoms with Crippen LogP contribution in [-0.2, 0) is 4.74 Å². The molecule has 1 heterocycles. The summed E-state index contributed by atoms with van der Waals surface area (Å²) in [6.45, 7) is 4.80. The highest BCUT2D eigenvalue weighted by Gasteiger charge is 2.22. The van der Waals surface area contributed by atoms with Crippen LogP contribution in [0.1, 0.15) is 28.8 Å². The molecule has 2 rings (SSSR count). The van der Waals surface area contributed by atoms with Gasteiger partial charge in [0.15, 0.2) is 5.69 Å². The van der Waals surface area contributed by atoms with Crippen molar-refractivity contribution in [1.29, 1.82) is 0 Å². The lowest BCUT2D eigenvalue weighted by molar-refractivity contribution is 0.0521. The number of aryl methyl sites for hydroxylation is 2. The first kappa shape index (κ1) is 15.0. The number of ether oxygens (including phenoxy) is 1. The highest BCUT2D eigenvalue weighted by molar-refractivity contribution is 5.92. The van der Waals surface area contributed by atoms with E-state index in [0.29, 0.717) is 0 Å². The fourth-order valence-corrected chi connectivity index (χ4v) is 2.01. The number of esters is 1. The fraction of sp³-hybridized carbons (Fsp3) is 0.286. The minimum absolute atomic E-state index is 0.0897. The van der Waals surface area contributed by atoms with Crippen LogP contribution in [0.4, 0.5) is 14.6 Å². The number of imidazole rings is 1. The van der Waals surface area contributed by atoms with Crippen LogP contribution in [0.3, 0.4) is 0 Å². The number of anilines is 1. The average molecular weight is 295 g/mol. The number of hydrogen-bond donors (Lipinski definition) is 1. The molecule has 5 nitrogen and oxygen atoms in total. The minimum Gasteiger partial charge on any atom is -0.461 e. The number of nitrogens with two attached hydrogens (primary N) is 1. The molecule has 112 valence electrons. The summed E-state index contributed by atoms with van der Waals surface area (Å²) in [5.41, 5.74) is 5.80. The van der Waals surface area contributed by atoms with Gasteiger partial charge in [0.05, 0.1) is 12.3 Å². The molecule has 0 aliphatic rings. The van der Waals surface area contributed by atoms with Crippen molar-refractivity contribution < 1.29 is 18.3 Å². The standard InChI is InChI=1S/C14H15F2N3O2/c1-4-21-14(20)12-13(17)19(8(3)18-12)11-6-9(15)7(2)5-10(11)16/h5-6H,4,17H2,1-3H3. The Morgan fingerprint density at radius 3 is 2.62 bits per heavy atom. The number of nitrogens with zero attached hydrogens (tertiary/aromatic N) is 2. The predicted molar refractivity (Wildman–Crippen MR) is 73.3 cm³/mol. The van der Waals surface area contributed by atoms with Gasteiger partial charge in [-0.05, 0) is 32.4 Å². The Balaban J connectivity index is 2.60. The van der Waals surface area contributed by atoms with Crippen molar-refractivity contribution in [1.82, 2.24) is 9.55 Å². The molecule has 0 saturated carbocycles. The summed E-state index contributed by atoms with van der Waals surface area (Å²) in [5, 5.41) is 0. The topological polar surface area (TPSA) is 70.1 Å². The molecule has 0 bridgehead atoms. The van der Waals surface area contributed by atoms with Gasteiger partial charge < -0.3 is 10.5 Å². The lowest BCUT2D eigenvalue weighted by Crippen LogP contribution is -2.10. The SMILES string of the molecule is CCOC(=O)c1nc(C)n(-c2cc(F)c(C)cc2F)c1N. The first-order valence-corrected chi connectivity index (χ1v) is 6.34. The second-order valence-corrected chi connectivity index (χ2v) is 4.50. The van der Waals surface area contributed by atoms with E-state index in [4.69, 9.17) is 10.5 Å². The Kier molecular flexibility index (Phi) is 3.93. The number of nitrogen functional groups attached to an aromatic ring is 1. The van der Waals surface area contributed by atoms with Crippen LogP contribution < -0.4 is 5.73 Å². The highest BCUT2D eigenvalue weighted by Crippen LogP contribution is 2.25. The van der Waals surface area contributed by atoms with E-state index in [1.807, 2.05) is 0 Å². The number of hydrogen-bond acceptors (Lipinski definition) is 4. The number of aromatic nitrogens is 2. The normalized spacial score (nSPS) is 10.7. The summed E-state index contributed by atoms with van der Waals surface area (Å²) < 4.78 is 33.7. The molecule has 0 radical (unpaired) electrons. The van der Waals surface area contributed by atoms with E-state index < -0.39 is 17.6 Å². The first-order chi connectivity index (χ1) is 9.86. The molecule has 2 aromatic rings. The van der Waals surface area contributed by atoms with E-state index >= 15 is 0 Å². The number of benzene rings is 1. The number of halogens is 2. The van der Waals surface area contributed by atoms with Gasteiger partial charge in [0.1, 0.15) is 23.3 Å². The van der Waals surface area contributed by atoms with E-state index in [1.165, 1.54) is 18.4 Å². The maximum absolute atomic E-state index is 14.0. The van der Waals surface area contributed by atoms with Crippen molar-refractivity contribution in [3.63, 3.8) is 0 Å². The Bertz CT molecular complexity index is 711. The van der Waals surface area contributed by atoms with Crippen molar-refractivity contribution in [2.75, 3.05) is 12.3 Å². The van der Waals surface area contributed by atoms with Crippen molar-refractivity contribution in [3.05, 3.63) is 40.8 Å². The van der Waals surface area contributed by atoms with E-state index in [-0.39, 0.29) is 35.2 Å². The van der Waals surface area contributed by atoms with Gasteiger partial charge >= 0.3 is 5.97 Å². The zero-order chi connectivity index (χ0) is 15.7. The van der Waals surface area contributed by atoms with Crippen molar-refractivity contribution in [3.8, 4) is 5.69 Å². The summed E-state index contributed by atoms with van der Waals surface area (Å²) in [7, 11) is 0. The molecule has 7 heteroatoms. The molecular weight excluding hydrogens is 280 g/mol. The number of rotatable bonds is 3. The molecule has 0 unspecified atom stereocenters. The Morgan fingerprint density at radius 2 is 2.00 bits per heavy atom. The quantitative estimate of drug-likeness (QED) is 0.883. The zero-order valence-electron chi connectivity index (χ0n) is 11.9.